The lowest BCUT2D eigenvalue weighted by Gasteiger charge is -2.17. The number of benzene rings is 1. The number of halogens is 2. The molecule has 1 unspecified atom stereocenters. The van der Waals surface area contributed by atoms with Gasteiger partial charge in [-0.2, -0.15) is 0 Å². The number of nitrogens with zero attached hydrogens (tertiary/aromatic N) is 2. The first-order valence-electron chi connectivity index (χ1n) is 10.9. The van der Waals surface area contributed by atoms with Crippen LogP contribution < -0.4 is 5.32 Å². The van der Waals surface area contributed by atoms with Gasteiger partial charge in [0.05, 0.1) is 11.7 Å². The summed E-state index contributed by atoms with van der Waals surface area (Å²) in [4.78, 5) is 17.9. The maximum atomic E-state index is 13.9. The summed E-state index contributed by atoms with van der Waals surface area (Å²) in [5, 5.41) is 3.19. The van der Waals surface area contributed by atoms with Crippen molar-refractivity contribution in [2.45, 2.75) is 64.0 Å². The van der Waals surface area contributed by atoms with E-state index in [1.54, 1.807) is 0 Å². The molecule has 1 amide bonds. The van der Waals surface area contributed by atoms with Gasteiger partial charge >= 0.3 is 0 Å². The maximum absolute atomic E-state index is 13.9. The third kappa shape index (κ3) is 3.38. The van der Waals surface area contributed by atoms with Crippen LogP contribution in [0.1, 0.15) is 61.1 Å². The summed E-state index contributed by atoms with van der Waals surface area (Å²) in [7, 11) is 0. The molecule has 156 valence electrons. The van der Waals surface area contributed by atoms with Gasteiger partial charge in [-0.15, -0.1) is 0 Å². The molecule has 1 aromatic heterocycles. The third-order valence-electron chi connectivity index (χ3n) is 6.49. The predicted molar refractivity (Wildman–Crippen MR) is 111 cm³/mol. The molecule has 30 heavy (non-hydrogen) atoms. The van der Waals surface area contributed by atoms with Crippen LogP contribution in [-0.4, -0.2) is 21.5 Å². The molecule has 0 fully saturated rings. The molecule has 0 radical (unpaired) electrons. The summed E-state index contributed by atoms with van der Waals surface area (Å²) < 4.78 is 29.3. The Balaban J connectivity index is 1.49. The number of hydrogen-bond acceptors (Lipinski definition) is 2. The van der Waals surface area contributed by atoms with E-state index in [2.05, 4.69) is 22.5 Å². The Labute approximate surface area is 174 Å². The normalized spacial score (nSPS) is 20.7. The quantitative estimate of drug-likeness (QED) is 0.767. The molecule has 6 heteroatoms. The van der Waals surface area contributed by atoms with Crippen molar-refractivity contribution in [2.24, 2.45) is 0 Å². The first-order valence-corrected chi connectivity index (χ1v) is 10.9. The third-order valence-corrected chi connectivity index (χ3v) is 6.49. The van der Waals surface area contributed by atoms with Crippen molar-refractivity contribution in [3.63, 3.8) is 0 Å². The van der Waals surface area contributed by atoms with Gasteiger partial charge in [-0.25, -0.2) is 13.8 Å². The van der Waals surface area contributed by atoms with Gasteiger partial charge in [-0.1, -0.05) is 24.1 Å². The van der Waals surface area contributed by atoms with Gasteiger partial charge in [0, 0.05) is 12.1 Å². The SMILES string of the molecule is O=C(NC1CCC2=C1C=CCC2)c1nc(-c2ccc(F)c(F)c2)n2c1CCCCC2. The summed E-state index contributed by atoms with van der Waals surface area (Å²) in [5.41, 5.74) is 4.52. The number of amides is 1. The number of allylic oxidation sites excluding steroid dienone is 2. The molecule has 0 bridgehead atoms. The van der Waals surface area contributed by atoms with Gasteiger partial charge < -0.3 is 9.88 Å². The van der Waals surface area contributed by atoms with E-state index in [-0.39, 0.29) is 11.9 Å². The fourth-order valence-corrected chi connectivity index (χ4v) is 4.97. The first-order chi connectivity index (χ1) is 14.6. The number of hydrogen-bond donors (Lipinski definition) is 1. The van der Waals surface area contributed by atoms with Crippen molar-refractivity contribution in [3.05, 3.63) is 64.5 Å². The minimum absolute atomic E-state index is 0.0268. The van der Waals surface area contributed by atoms with Crippen LogP contribution in [0.3, 0.4) is 0 Å². The second-order valence-corrected chi connectivity index (χ2v) is 8.39. The Bertz CT molecular complexity index is 1070. The topological polar surface area (TPSA) is 46.9 Å². The Morgan fingerprint density at radius 2 is 2.00 bits per heavy atom. The lowest BCUT2D eigenvalue weighted by atomic mass is 9.99. The molecule has 2 heterocycles. The molecule has 0 saturated carbocycles. The van der Waals surface area contributed by atoms with Crippen LogP contribution in [0.4, 0.5) is 8.78 Å². The van der Waals surface area contributed by atoms with E-state index in [0.29, 0.717) is 17.1 Å². The van der Waals surface area contributed by atoms with Crippen molar-refractivity contribution in [2.75, 3.05) is 0 Å². The number of carbonyl (C=O) groups is 1. The monoisotopic (exact) mass is 409 g/mol. The van der Waals surface area contributed by atoms with E-state index in [9.17, 15) is 13.6 Å². The number of aromatic nitrogens is 2. The van der Waals surface area contributed by atoms with E-state index in [1.165, 1.54) is 23.3 Å². The van der Waals surface area contributed by atoms with Crippen molar-refractivity contribution < 1.29 is 13.6 Å². The highest BCUT2D eigenvalue weighted by molar-refractivity contribution is 5.95. The molecule has 1 atom stereocenters. The molecule has 3 aliphatic rings. The summed E-state index contributed by atoms with van der Waals surface area (Å²) in [5.74, 6) is -1.42. The molecule has 1 aliphatic heterocycles. The summed E-state index contributed by atoms with van der Waals surface area (Å²) in [6.07, 6.45) is 12.2. The zero-order valence-electron chi connectivity index (χ0n) is 16.9. The largest absolute Gasteiger partial charge is 0.344 e. The maximum Gasteiger partial charge on any atom is 0.272 e. The van der Waals surface area contributed by atoms with Gasteiger partial charge in [-0.3, -0.25) is 4.79 Å². The van der Waals surface area contributed by atoms with Crippen LogP contribution in [-0.2, 0) is 13.0 Å². The van der Waals surface area contributed by atoms with Crippen LogP contribution in [0.15, 0.2) is 41.5 Å². The van der Waals surface area contributed by atoms with Crippen LogP contribution in [0.5, 0.6) is 0 Å². The average Bonchev–Trinajstić information content (AvgIpc) is 3.23. The van der Waals surface area contributed by atoms with E-state index >= 15 is 0 Å². The molecule has 5 rings (SSSR count). The van der Waals surface area contributed by atoms with Gasteiger partial charge in [0.25, 0.3) is 5.91 Å². The predicted octanol–water partition coefficient (Wildman–Crippen LogP) is 5.09. The van der Waals surface area contributed by atoms with E-state index in [1.807, 2.05) is 4.57 Å². The molecule has 0 spiro atoms. The molecular formula is C24H25F2N3O. The van der Waals surface area contributed by atoms with Gasteiger partial charge in [0.2, 0.25) is 0 Å². The Kier molecular flexibility index (Phi) is 5.01. The van der Waals surface area contributed by atoms with Crippen molar-refractivity contribution >= 4 is 5.91 Å². The fourth-order valence-electron chi connectivity index (χ4n) is 4.97. The minimum atomic E-state index is -0.904. The van der Waals surface area contributed by atoms with Crippen molar-refractivity contribution in [1.29, 1.82) is 0 Å². The summed E-state index contributed by atoms with van der Waals surface area (Å²) in [6.45, 7) is 0.728. The zero-order chi connectivity index (χ0) is 20.7. The smallest absolute Gasteiger partial charge is 0.272 e. The number of imidazole rings is 1. The Morgan fingerprint density at radius 1 is 1.10 bits per heavy atom. The number of rotatable bonds is 3. The van der Waals surface area contributed by atoms with Crippen molar-refractivity contribution in [3.8, 4) is 11.4 Å². The molecule has 2 aromatic rings. The Hall–Kier alpha value is -2.76. The highest BCUT2D eigenvalue weighted by Crippen LogP contribution is 2.34. The summed E-state index contributed by atoms with van der Waals surface area (Å²) >= 11 is 0. The zero-order valence-corrected chi connectivity index (χ0v) is 16.9. The fraction of sp³-hybridized carbons (Fsp3) is 0.417. The van der Waals surface area contributed by atoms with Crippen LogP contribution >= 0.6 is 0 Å². The molecule has 2 aliphatic carbocycles. The minimum Gasteiger partial charge on any atom is -0.344 e. The molecule has 1 aromatic carbocycles. The number of fused-ring (bicyclic) bond motifs is 1. The number of nitrogens with one attached hydrogen (secondary N) is 1. The average molecular weight is 409 g/mol. The lowest BCUT2D eigenvalue weighted by molar-refractivity contribution is 0.0937. The Morgan fingerprint density at radius 3 is 2.87 bits per heavy atom. The second kappa shape index (κ2) is 7.82. The second-order valence-electron chi connectivity index (χ2n) is 8.39. The molecular weight excluding hydrogens is 384 g/mol. The highest BCUT2D eigenvalue weighted by atomic mass is 19.2. The lowest BCUT2D eigenvalue weighted by Crippen LogP contribution is -2.35. The first kappa shape index (κ1) is 19.2. The number of carbonyl (C=O) groups excluding carboxylic acids is 1. The van der Waals surface area contributed by atoms with E-state index < -0.39 is 11.6 Å². The van der Waals surface area contributed by atoms with Crippen LogP contribution in [0.2, 0.25) is 0 Å². The van der Waals surface area contributed by atoms with E-state index in [0.717, 1.165) is 69.7 Å². The highest BCUT2D eigenvalue weighted by Gasteiger charge is 2.30. The van der Waals surface area contributed by atoms with Crippen LogP contribution in [0, 0.1) is 11.6 Å². The van der Waals surface area contributed by atoms with Gasteiger partial charge in [0.15, 0.2) is 11.6 Å². The van der Waals surface area contributed by atoms with Crippen LogP contribution in [0.25, 0.3) is 11.4 Å². The van der Waals surface area contributed by atoms with Gasteiger partial charge in [-0.05, 0) is 68.7 Å². The standard InChI is InChI=1S/C24H25F2N3O/c25-18-11-9-16(14-19(18)26)23-28-22(21-8-2-1-5-13-29(21)23)24(30)27-20-12-10-15-6-3-4-7-17(15)20/h4,7,9,11,14,20H,1-3,5-6,8,10,12-13H2,(H,27,30). The van der Waals surface area contributed by atoms with Crippen molar-refractivity contribution in [1.82, 2.24) is 14.9 Å². The molecule has 1 N–H and O–H groups in total. The molecule has 0 saturated heterocycles. The van der Waals surface area contributed by atoms with Gasteiger partial charge in [0.1, 0.15) is 11.5 Å². The summed E-state index contributed by atoms with van der Waals surface area (Å²) in [6, 6.07) is 3.84. The molecule has 4 nitrogen and oxygen atoms in total. The van der Waals surface area contributed by atoms with E-state index in [4.69, 9.17) is 0 Å².